The molecule has 0 saturated heterocycles. The number of hydrogen-bond acceptors (Lipinski definition) is 4. The first-order valence-corrected chi connectivity index (χ1v) is 5.80. The standard InChI is InChI=1S/C15H12O5/c1-19-15(18)20-13-8-6-11(7-9-13)10-2-4-12(5-3-10)14(16)17/h2-9H,1H3,(H,16,17). The summed E-state index contributed by atoms with van der Waals surface area (Å²) in [7, 11) is 1.24. The van der Waals surface area contributed by atoms with Crippen LogP contribution >= 0.6 is 0 Å². The summed E-state index contributed by atoms with van der Waals surface area (Å²) in [5.41, 5.74) is 2.00. The van der Waals surface area contributed by atoms with Crippen LogP contribution in [-0.4, -0.2) is 24.3 Å². The van der Waals surface area contributed by atoms with Crippen molar-refractivity contribution in [1.29, 1.82) is 0 Å². The highest BCUT2D eigenvalue weighted by molar-refractivity contribution is 5.88. The summed E-state index contributed by atoms with van der Waals surface area (Å²) in [6, 6.07) is 13.3. The molecule has 0 bridgehead atoms. The van der Waals surface area contributed by atoms with Crippen molar-refractivity contribution in [3.05, 3.63) is 54.1 Å². The third-order valence-electron chi connectivity index (χ3n) is 2.69. The Hall–Kier alpha value is -2.82. The first kappa shape index (κ1) is 13.6. The van der Waals surface area contributed by atoms with Gasteiger partial charge in [-0.15, -0.1) is 0 Å². The lowest BCUT2D eigenvalue weighted by Gasteiger charge is -2.05. The molecule has 0 spiro atoms. The third-order valence-corrected chi connectivity index (χ3v) is 2.69. The average Bonchev–Trinajstić information content (AvgIpc) is 2.48. The molecule has 1 N–H and O–H groups in total. The van der Waals surface area contributed by atoms with Crippen molar-refractivity contribution in [3.8, 4) is 16.9 Å². The van der Waals surface area contributed by atoms with Gasteiger partial charge in [-0.2, -0.15) is 0 Å². The van der Waals surface area contributed by atoms with Crippen LogP contribution in [0.25, 0.3) is 11.1 Å². The van der Waals surface area contributed by atoms with Crippen LogP contribution in [-0.2, 0) is 4.74 Å². The van der Waals surface area contributed by atoms with Gasteiger partial charge in [-0.05, 0) is 35.4 Å². The van der Waals surface area contributed by atoms with Crippen molar-refractivity contribution >= 4 is 12.1 Å². The normalized spacial score (nSPS) is 9.85. The van der Waals surface area contributed by atoms with Crippen LogP contribution < -0.4 is 4.74 Å². The number of ether oxygens (including phenoxy) is 2. The van der Waals surface area contributed by atoms with Gasteiger partial charge in [0, 0.05) is 0 Å². The molecule has 0 radical (unpaired) electrons. The van der Waals surface area contributed by atoms with Crippen LogP contribution in [0.2, 0.25) is 0 Å². The quantitative estimate of drug-likeness (QED) is 0.686. The number of rotatable bonds is 3. The monoisotopic (exact) mass is 272 g/mol. The highest BCUT2D eigenvalue weighted by Crippen LogP contribution is 2.23. The molecule has 2 aromatic carbocycles. The van der Waals surface area contributed by atoms with Crippen LogP contribution in [0.3, 0.4) is 0 Å². The summed E-state index contributed by atoms with van der Waals surface area (Å²) in [5, 5.41) is 8.83. The van der Waals surface area contributed by atoms with Gasteiger partial charge >= 0.3 is 12.1 Å². The van der Waals surface area contributed by atoms with Gasteiger partial charge in [0.25, 0.3) is 0 Å². The molecule has 2 rings (SSSR count). The summed E-state index contributed by atoms with van der Waals surface area (Å²) >= 11 is 0. The minimum atomic E-state index is -0.960. The van der Waals surface area contributed by atoms with Crippen molar-refractivity contribution in [2.24, 2.45) is 0 Å². The maximum atomic E-state index is 10.9. The van der Waals surface area contributed by atoms with Gasteiger partial charge in [-0.25, -0.2) is 9.59 Å². The van der Waals surface area contributed by atoms with Gasteiger partial charge in [0.2, 0.25) is 0 Å². The van der Waals surface area contributed by atoms with Gasteiger partial charge in [0.15, 0.2) is 0 Å². The van der Waals surface area contributed by atoms with E-state index in [2.05, 4.69) is 4.74 Å². The second-order valence-electron chi connectivity index (χ2n) is 3.96. The molecule has 102 valence electrons. The Labute approximate surface area is 115 Å². The number of benzene rings is 2. The molecule has 2 aromatic rings. The van der Waals surface area contributed by atoms with Gasteiger partial charge in [0.05, 0.1) is 12.7 Å². The third kappa shape index (κ3) is 3.14. The Morgan fingerprint density at radius 1 is 0.900 bits per heavy atom. The molecule has 5 heteroatoms. The first-order valence-electron chi connectivity index (χ1n) is 5.80. The second kappa shape index (κ2) is 5.88. The molecular weight excluding hydrogens is 260 g/mol. The summed E-state index contributed by atoms with van der Waals surface area (Å²) in [6.07, 6.45) is -0.774. The zero-order valence-electron chi connectivity index (χ0n) is 10.7. The fraction of sp³-hybridized carbons (Fsp3) is 0.0667. The average molecular weight is 272 g/mol. The Morgan fingerprint density at radius 3 is 1.85 bits per heavy atom. The number of carboxylic acids is 1. The topological polar surface area (TPSA) is 72.8 Å². The van der Waals surface area contributed by atoms with E-state index < -0.39 is 12.1 Å². The van der Waals surface area contributed by atoms with Crippen LogP contribution in [0.1, 0.15) is 10.4 Å². The molecule has 5 nitrogen and oxygen atoms in total. The minimum absolute atomic E-state index is 0.236. The number of aromatic carboxylic acids is 1. The van der Waals surface area contributed by atoms with E-state index in [1.54, 1.807) is 36.4 Å². The molecule has 0 atom stereocenters. The molecule has 0 aliphatic carbocycles. The number of hydrogen-bond donors (Lipinski definition) is 1. The van der Waals surface area contributed by atoms with Crippen molar-refractivity contribution in [3.63, 3.8) is 0 Å². The minimum Gasteiger partial charge on any atom is -0.478 e. The van der Waals surface area contributed by atoms with E-state index in [9.17, 15) is 9.59 Å². The van der Waals surface area contributed by atoms with Crippen LogP contribution in [0.5, 0.6) is 5.75 Å². The van der Waals surface area contributed by atoms with Gasteiger partial charge in [-0.3, -0.25) is 0 Å². The summed E-state index contributed by atoms with van der Waals surface area (Å²) in [4.78, 5) is 21.7. The molecule has 0 saturated carbocycles. The first-order chi connectivity index (χ1) is 9.60. The molecule has 20 heavy (non-hydrogen) atoms. The van der Waals surface area contributed by atoms with E-state index in [1.165, 1.54) is 19.2 Å². The molecule has 0 aromatic heterocycles. The summed E-state index contributed by atoms with van der Waals surface area (Å²) < 4.78 is 9.25. The fourth-order valence-electron chi connectivity index (χ4n) is 1.66. The van der Waals surface area contributed by atoms with E-state index in [0.717, 1.165) is 11.1 Å². The number of carboxylic acid groups (broad SMARTS) is 1. The van der Waals surface area contributed by atoms with Crippen LogP contribution in [0, 0.1) is 0 Å². The van der Waals surface area contributed by atoms with Crippen LogP contribution in [0.15, 0.2) is 48.5 Å². The zero-order chi connectivity index (χ0) is 14.5. The summed E-state index contributed by atoms with van der Waals surface area (Å²) in [5.74, 6) is -0.582. The lowest BCUT2D eigenvalue weighted by atomic mass is 10.0. The fourth-order valence-corrected chi connectivity index (χ4v) is 1.66. The lowest BCUT2D eigenvalue weighted by molar-refractivity contribution is 0.0696. The number of carbonyl (C=O) groups excluding carboxylic acids is 1. The Bertz CT molecular complexity index is 614. The smallest absolute Gasteiger partial charge is 0.478 e. The molecule has 0 aliphatic heterocycles. The van der Waals surface area contributed by atoms with Crippen molar-refractivity contribution in [2.75, 3.05) is 7.11 Å². The second-order valence-corrected chi connectivity index (χ2v) is 3.96. The van der Waals surface area contributed by atoms with Crippen LogP contribution in [0.4, 0.5) is 4.79 Å². The van der Waals surface area contributed by atoms with Gasteiger partial charge in [-0.1, -0.05) is 24.3 Å². The highest BCUT2D eigenvalue weighted by Gasteiger charge is 2.05. The van der Waals surface area contributed by atoms with E-state index in [0.29, 0.717) is 5.75 Å². The molecular formula is C15H12O5. The molecule has 0 aliphatic rings. The number of carbonyl (C=O) groups is 2. The van der Waals surface area contributed by atoms with Crippen molar-refractivity contribution in [2.45, 2.75) is 0 Å². The van der Waals surface area contributed by atoms with E-state index in [1.807, 2.05) is 0 Å². The maximum absolute atomic E-state index is 10.9. The lowest BCUT2D eigenvalue weighted by Crippen LogP contribution is -2.06. The van der Waals surface area contributed by atoms with Gasteiger partial charge in [0.1, 0.15) is 5.75 Å². The Morgan fingerprint density at radius 2 is 1.40 bits per heavy atom. The van der Waals surface area contributed by atoms with Crippen molar-refractivity contribution in [1.82, 2.24) is 0 Å². The molecule has 0 amide bonds. The molecule has 0 fully saturated rings. The number of methoxy groups -OCH3 is 1. The van der Waals surface area contributed by atoms with Crippen molar-refractivity contribution < 1.29 is 24.2 Å². The largest absolute Gasteiger partial charge is 0.513 e. The van der Waals surface area contributed by atoms with E-state index >= 15 is 0 Å². The molecule has 0 unspecified atom stereocenters. The predicted molar refractivity (Wildman–Crippen MR) is 71.9 cm³/mol. The predicted octanol–water partition coefficient (Wildman–Crippen LogP) is 3.20. The van der Waals surface area contributed by atoms with E-state index in [4.69, 9.17) is 9.84 Å². The SMILES string of the molecule is COC(=O)Oc1ccc(-c2ccc(C(=O)O)cc2)cc1. The Kier molecular flexibility index (Phi) is 4.00. The van der Waals surface area contributed by atoms with E-state index in [-0.39, 0.29) is 5.56 Å². The van der Waals surface area contributed by atoms with Gasteiger partial charge < -0.3 is 14.6 Å². The maximum Gasteiger partial charge on any atom is 0.513 e. The highest BCUT2D eigenvalue weighted by atomic mass is 16.7. The molecule has 0 heterocycles. The summed E-state index contributed by atoms with van der Waals surface area (Å²) in [6.45, 7) is 0. The zero-order valence-corrected chi connectivity index (χ0v) is 10.7. The Balaban J connectivity index is 2.17.